The number of fused-ring (bicyclic) bond motifs is 1. The summed E-state index contributed by atoms with van der Waals surface area (Å²) in [6, 6.07) is 7.56. The third kappa shape index (κ3) is 5.59. The number of aromatic nitrogens is 3. The summed E-state index contributed by atoms with van der Waals surface area (Å²) in [6.07, 6.45) is 5.66. The molecule has 4 rings (SSSR count). The average Bonchev–Trinajstić information content (AvgIpc) is 3.44. The molecule has 0 fully saturated rings. The van der Waals surface area contributed by atoms with Crippen LogP contribution in [0.25, 0.3) is 11.4 Å². The summed E-state index contributed by atoms with van der Waals surface area (Å²) in [5, 5.41) is 12.8. The van der Waals surface area contributed by atoms with Gasteiger partial charge in [-0.2, -0.15) is 0 Å². The summed E-state index contributed by atoms with van der Waals surface area (Å²) in [7, 11) is 1.62. The lowest BCUT2D eigenvalue weighted by Crippen LogP contribution is -2.17. The van der Waals surface area contributed by atoms with E-state index in [1.54, 1.807) is 20.1 Å². The van der Waals surface area contributed by atoms with E-state index in [0.717, 1.165) is 47.4 Å². The normalized spacial score (nSPS) is 12.6. The predicted octanol–water partition coefficient (Wildman–Crippen LogP) is 4.99. The molecular formula is C25H28N4O4S2. The van der Waals surface area contributed by atoms with E-state index in [0.29, 0.717) is 34.7 Å². The number of carbonyl (C=O) groups is 2. The van der Waals surface area contributed by atoms with Crippen molar-refractivity contribution in [3.63, 3.8) is 0 Å². The van der Waals surface area contributed by atoms with E-state index in [2.05, 4.69) is 22.1 Å². The molecular weight excluding hydrogens is 484 g/mol. The van der Waals surface area contributed by atoms with Crippen LogP contribution in [0.3, 0.4) is 0 Å². The molecule has 0 aliphatic heterocycles. The Kier molecular flexibility index (Phi) is 8.25. The molecule has 0 spiro atoms. The first-order chi connectivity index (χ1) is 17.0. The Morgan fingerprint density at radius 3 is 2.71 bits per heavy atom. The number of aryl methyl sites for hydroxylation is 1. The third-order valence-electron chi connectivity index (χ3n) is 5.61. The zero-order chi connectivity index (χ0) is 24.8. The lowest BCUT2D eigenvalue weighted by molar-refractivity contribution is -0.113. The lowest BCUT2D eigenvalue weighted by atomic mass is 9.95. The van der Waals surface area contributed by atoms with Gasteiger partial charge in [0.25, 0.3) is 0 Å². The molecule has 3 aromatic rings. The van der Waals surface area contributed by atoms with Crippen LogP contribution in [-0.4, -0.2) is 46.1 Å². The summed E-state index contributed by atoms with van der Waals surface area (Å²) in [5.41, 5.74) is 2.43. The van der Waals surface area contributed by atoms with Gasteiger partial charge in [-0.1, -0.05) is 17.8 Å². The fourth-order valence-electron chi connectivity index (χ4n) is 4.01. The summed E-state index contributed by atoms with van der Waals surface area (Å²) in [6.45, 7) is 6.42. The summed E-state index contributed by atoms with van der Waals surface area (Å²) < 4.78 is 12.4. The highest BCUT2D eigenvalue weighted by Gasteiger charge is 2.27. The number of anilines is 1. The van der Waals surface area contributed by atoms with Gasteiger partial charge in [0.2, 0.25) is 5.91 Å². The van der Waals surface area contributed by atoms with Crippen molar-refractivity contribution in [2.24, 2.45) is 0 Å². The molecule has 0 bridgehead atoms. The number of hydrogen-bond acceptors (Lipinski definition) is 8. The van der Waals surface area contributed by atoms with E-state index in [9.17, 15) is 9.59 Å². The maximum Gasteiger partial charge on any atom is 0.341 e. The van der Waals surface area contributed by atoms with Gasteiger partial charge in [0, 0.05) is 17.0 Å². The summed E-state index contributed by atoms with van der Waals surface area (Å²) >= 11 is 2.77. The van der Waals surface area contributed by atoms with Crippen LogP contribution in [0.15, 0.2) is 42.1 Å². The molecule has 0 radical (unpaired) electrons. The second-order valence-electron chi connectivity index (χ2n) is 7.91. The number of allylic oxidation sites excluding steroid dienone is 1. The number of methoxy groups -OCH3 is 1. The van der Waals surface area contributed by atoms with Gasteiger partial charge >= 0.3 is 5.97 Å². The Morgan fingerprint density at radius 2 is 2.00 bits per heavy atom. The Balaban J connectivity index is 1.49. The molecule has 1 N–H and O–H groups in total. The maximum absolute atomic E-state index is 12.9. The van der Waals surface area contributed by atoms with Crippen LogP contribution in [0, 0.1) is 0 Å². The van der Waals surface area contributed by atoms with Crippen LogP contribution in [0.1, 0.15) is 40.6 Å². The molecule has 0 saturated carbocycles. The fourth-order valence-corrected chi connectivity index (χ4v) is 6.05. The second-order valence-corrected chi connectivity index (χ2v) is 9.95. The average molecular weight is 513 g/mol. The molecule has 0 saturated heterocycles. The van der Waals surface area contributed by atoms with Crippen molar-refractivity contribution in [3.05, 3.63) is 52.9 Å². The molecule has 0 atom stereocenters. The Morgan fingerprint density at radius 1 is 1.23 bits per heavy atom. The minimum Gasteiger partial charge on any atom is -0.497 e. The molecule has 184 valence electrons. The first-order valence-electron chi connectivity index (χ1n) is 11.5. The number of ether oxygens (including phenoxy) is 2. The van der Waals surface area contributed by atoms with Crippen molar-refractivity contribution < 1.29 is 19.1 Å². The Hall–Kier alpha value is -3.11. The number of benzene rings is 1. The summed E-state index contributed by atoms with van der Waals surface area (Å²) in [4.78, 5) is 26.7. The van der Waals surface area contributed by atoms with Crippen LogP contribution >= 0.6 is 23.1 Å². The monoisotopic (exact) mass is 512 g/mol. The van der Waals surface area contributed by atoms with Crippen molar-refractivity contribution >= 4 is 40.0 Å². The molecule has 1 aliphatic carbocycles. The minimum atomic E-state index is -0.371. The van der Waals surface area contributed by atoms with Gasteiger partial charge in [-0.3, -0.25) is 9.36 Å². The van der Waals surface area contributed by atoms with Crippen LogP contribution in [0.4, 0.5) is 5.00 Å². The zero-order valence-electron chi connectivity index (χ0n) is 19.8. The number of amides is 1. The summed E-state index contributed by atoms with van der Waals surface area (Å²) in [5.74, 6) is 0.990. The number of carbonyl (C=O) groups excluding carboxylic acids is 2. The number of hydrogen-bond donors (Lipinski definition) is 1. The molecule has 8 nitrogen and oxygen atoms in total. The molecule has 2 heterocycles. The fraction of sp³-hybridized carbons (Fsp3) is 0.360. The second kappa shape index (κ2) is 11.5. The molecule has 1 amide bonds. The molecule has 1 aliphatic rings. The van der Waals surface area contributed by atoms with E-state index < -0.39 is 0 Å². The number of thiophene rings is 1. The third-order valence-corrected chi connectivity index (χ3v) is 7.79. The van der Waals surface area contributed by atoms with Gasteiger partial charge < -0.3 is 14.8 Å². The van der Waals surface area contributed by atoms with E-state index in [1.807, 2.05) is 28.8 Å². The van der Waals surface area contributed by atoms with E-state index >= 15 is 0 Å². The largest absolute Gasteiger partial charge is 0.497 e. The van der Waals surface area contributed by atoms with Crippen molar-refractivity contribution in [2.45, 2.75) is 44.3 Å². The minimum absolute atomic E-state index is 0.128. The number of nitrogens with one attached hydrogen (secondary N) is 1. The first-order valence-corrected chi connectivity index (χ1v) is 13.3. The zero-order valence-corrected chi connectivity index (χ0v) is 21.5. The van der Waals surface area contributed by atoms with Crippen molar-refractivity contribution in [1.82, 2.24) is 14.8 Å². The predicted molar refractivity (Wildman–Crippen MR) is 138 cm³/mol. The maximum atomic E-state index is 12.9. The Labute approximate surface area is 212 Å². The van der Waals surface area contributed by atoms with Crippen LogP contribution in [-0.2, 0) is 28.9 Å². The SMILES string of the molecule is C=CCn1c(SCC(=O)Nc2sc3c(c2C(=O)OCC)CCCC3)nnc1-c1ccc(OC)cc1. The van der Waals surface area contributed by atoms with Gasteiger partial charge in [-0.15, -0.1) is 28.1 Å². The van der Waals surface area contributed by atoms with Crippen molar-refractivity contribution in [3.8, 4) is 17.1 Å². The van der Waals surface area contributed by atoms with Gasteiger partial charge in [-0.05, 0) is 62.4 Å². The first kappa shape index (κ1) is 25.0. The van der Waals surface area contributed by atoms with Gasteiger partial charge in [0.1, 0.15) is 10.8 Å². The van der Waals surface area contributed by atoms with Gasteiger partial charge in [0.15, 0.2) is 11.0 Å². The smallest absolute Gasteiger partial charge is 0.341 e. The standard InChI is InChI=1S/C25H28N4O4S2/c1-4-14-29-22(16-10-12-17(32-3)13-11-16)27-28-25(29)34-15-20(30)26-23-21(24(31)33-5-2)18-8-6-7-9-19(18)35-23/h4,10-13H,1,5-9,14-15H2,2-3H3,(H,26,30). The van der Waals surface area contributed by atoms with Gasteiger partial charge in [-0.25, -0.2) is 4.79 Å². The van der Waals surface area contributed by atoms with Crippen molar-refractivity contribution in [1.29, 1.82) is 0 Å². The van der Waals surface area contributed by atoms with E-state index in [1.165, 1.54) is 23.1 Å². The number of thioether (sulfide) groups is 1. The molecule has 0 unspecified atom stereocenters. The van der Waals surface area contributed by atoms with Crippen LogP contribution < -0.4 is 10.1 Å². The molecule has 10 heteroatoms. The topological polar surface area (TPSA) is 95.3 Å². The van der Waals surface area contributed by atoms with E-state index in [4.69, 9.17) is 9.47 Å². The molecule has 1 aromatic carbocycles. The molecule has 35 heavy (non-hydrogen) atoms. The van der Waals surface area contributed by atoms with Crippen molar-refractivity contribution in [2.75, 3.05) is 24.8 Å². The lowest BCUT2D eigenvalue weighted by Gasteiger charge is -2.12. The molecule has 2 aromatic heterocycles. The highest BCUT2D eigenvalue weighted by molar-refractivity contribution is 7.99. The Bertz CT molecular complexity index is 1220. The number of nitrogens with zero attached hydrogens (tertiary/aromatic N) is 3. The van der Waals surface area contributed by atoms with Gasteiger partial charge in [0.05, 0.1) is 25.0 Å². The number of rotatable bonds is 10. The number of esters is 1. The highest BCUT2D eigenvalue weighted by Crippen LogP contribution is 2.38. The van der Waals surface area contributed by atoms with E-state index in [-0.39, 0.29) is 17.6 Å². The van der Waals surface area contributed by atoms with Crippen LogP contribution in [0.5, 0.6) is 5.75 Å². The highest BCUT2D eigenvalue weighted by atomic mass is 32.2. The quantitative estimate of drug-likeness (QED) is 0.232. The van der Waals surface area contributed by atoms with Crippen LogP contribution in [0.2, 0.25) is 0 Å².